The van der Waals surface area contributed by atoms with E-state index >= 15 is 0 Å². The lowest BCUT2D eigenvalue weighted by Crippen LogP contribution is -2.26. The zero-order valence-corrected chi connectivity index (χ0v) is 10.5. The SMILES string of the molecule is C=C(C)c1cc(Br)cc(C(=O)C(C)N)c1. The molecule has 0 saturated carbocycles. The van der Waals surface area contributed by atoms with E-state index in [0.717, 1.165) is 15.6 Å². The van der Waals surface area contributed by atoms with Gasteiger partial charge in [-0.2, -0.15) is 0 Å². The lowest BCUT2D eigenvalue weighted by Gasteiger charge is -2.08. The Hall–Kier alpha value is -0.930. The Kier molecular flexibility index (Phi) is 3.83. The summed E-state index contributed by atoms with van der Waals surface area (Å²) in [5, 5.41) is 0. The third-order valence-corrected chi connectivity index (χ3v) is 2.55. The molecule has 0 aliphatic carbocycles. The first-order chi connectivity index (χ1) is 6.91. The van der Waals surface area contributed by atoms with Crippen molar-refractivity contribution in [2.75, 3.05) is 0 Å². The molecule has 1 aromatic carbocycles. The Morgan fingerprint density at radius 2 is 1.93 bits per heavy atom. The van der Waals surface area contributed by atoms with Gasteiger partial charge in [0.25, 0.3) is 0 Å². The summed E-state index contributed by atoms with van der Waals surface area (Å²) in [6, 6.07) is 5.05. The highest BCUT2D eigenvalue weighted by atomic mass is 79.9. The molecule has 0 aliphatic heterocycles. The van der Waals surface area contributed by atoms with Gasteiger partial charge in [0.2, 0.25) is 0 Å². The zero-order valence-electron chi connectivity index (χ0n) is 8.88. The number of rotatable bonds is 3. The van der Waals surface area contributed by atoms with Crippen molar-refractivity contribution in [3.8, 4) is 0 Å². The molecule has 0 heterocycles. The number of allylic oxidation sites excluding steroid dienone is 1. The minimum Gasteiger partial charge on any atom is -0.321 e. The van der Waals surface area contributed by atoms with Crippen LogP contribution in [-0.2, 0) is 0 Å². The van der Waals surface area contributed by atoms with E-state index in [2.05, 4.69) is 22.5 Å². The molecule has 0 amide bonds. The molecular weight excluding hydrogens is 254 g/mol. The predicted molar refractivity (Wildman–Crippen MR) is 66.8 cm³/mol. The number of halogens is 1. The number of Topliss-reactive ketones (excluding diaryl/α,β-unsaturated/α-hetero) is 1. The van der Waals surface area contributed by atoms with Crippen LogP contribution in [0.25, 0.3) is 5.57 Å². The van der Waals surface area contributed by atoms with E-state index in [0.29, 0.717) is 5.56 Å². The van der Waals surface area contributed by atoms with Gasteiger partial charge in [-0.05, 0) is 37.6 Å². The maximum Gasteiger partial charge on any atom is 0.179 e. The van der Waals surface area contributed by atoms with Crippen molar-refractivity contribution in [2.45, 2.75) is 19.9 Å². The molecule has 15 heavy (non-hydrogen) atoms. The average molecular weight is 268 g/mol. The van der Waals surface area contributed by atoms with Gasteiger partial charge in [0.05, 0.1) is 6.04 Å². The van der Waals surface area contributed by atoms with Gasteiger partial charge in [-0.1, -0.05) is 28.1 Å². The van der Waals surface area contributed by atoms with E-state index < -0.39 is 6.04 Å². The van der Waals surface area contributed by atoms with Crippen LogP contribution in [0.3, 0.4) is 0 Å². The molecule has 2 N–H and O–H groups in total. The smallest absolute Gasteiger partial charge is 0.179 e. The fraction of sp³-hybridized carbons (Fsp3) is 0.250. The van der Waals surface area contributed by atoms with Gasteiger partial charge in [0.15, 0.2) is 5.78 Å². The monoisotopic (exact) mass is 267 g/mol. The molecule has 0 saturated heterocycles. The zero-order chi connectivity index (χ0) is 11.6. The van der Waals surface area contributed by atoms with Crippen LogP contribution < -0.4 is 5.73 Å². The Labute approximate surface area is 98.3 Å². The van der Waals surface area contributed by atoms with Crippen LogP contribution >= 0.6 is 15.9 Å². The summed E-state index contributed by atoms with van der Waals surface area (Å²) in [5.74, 6) is -0.0567. The first-order valence-corrected chi connectivity index (χ1v) is 5.47. The summed E-state index contributed by atoms with van der Waals surface area (Å²) in [5.41, 5.74) is 8.06. The second-order valence-electron chi connectivity index (χ2n) is 3.66. The Bertz CT molecular complexity index is 410. The minimum atomic E-state index is -0.475. The van der Waals surface area contributed by atoms with Crippen molar-refractivity contribution in [1.29, 1.82) is 0 Å². The second-order valence-corrected chi connectivity index (χ2v) is 4.58. The maximum absolute atomic E-state index is 11.7. The molecule has 1 unspecified atom stereocenters. The molecule has 2 nitrogen and oxygen atoms in total. The number of carbonyl (C=O) groups excluding carboxylic acids is 1. The van der Waals surface area contributed by atoms with Crippen molar-refractivity contribution in [3.63, 3.8) is 0 Å². The fourth-order valence-electron chi connectivity index (χ4n) is 1.24. The Morgan fingerprint density at radius 1 is 1.40 bits per heavy atom. The van der Waals surface area contributed by atoms with Crippen molar-refractivity contribution in [1.82, 2.24) is 0 Å². The lowest BCUT2D eigenvalue weighted by atomic mass is 10.0. The summed E-state index contributed by atoms with van der Waals surface area (Å²) >= 11 is 3.36. The van der Waals surface area contributed by atoms with Crippen molar-refractivity contribution in [3.05, 3.63) is 40.4 Å². The molecule has 80 valence electrons. The molecule has 0 spiro atoms. The average Bonchev–Trinajstić information content (AvgIpc) is 2.15. The van der Waals surface area contributed by atoms with Crippen LogP contribution in [0.4, 0.5) is 0 Å². The van der Waals surface area contributed by atoms with Crippen molar-refractivity contribution in [2.24, 2.45) is 5.73 Å². The molecule has 0 fully saturated rings. The van der Waals surface area contributed by atoms with E-state index in [1.165, 1.54) is 0 Å². The van der Waals surface area contributed by atoms with Gasteiger partial charge in [-0.15, -0.1) is 0 Å². The number of carbonyl (C=O) groups is 1. The van der Waals surface area contributed by atoms with Gasteiger partial charge < -0.3 is 5.73 Å². The Balaban J connectivity index is 3.20. The molecule has 3 heteroatoms. The second kappa shape index (κ2) is 4.73. The molecule has 0 aliphatic rings. The molecule has 0 bridgehead atoms. The van der Waals surface area contributed by atoms with Crippen LogP contribution in [0, 0.1) is 0 Å². The number of hydrogen-bond donors (Lipinski definition) is 1. The quantitative estimate of drug-likeness (QED) is 0.856. The van der Waals surface area contributed by atoms with Crippen LogP contribution in [0.1, 0.15) is 29.8 Å². The fourth-order valence-corrected chi connectivity index (χ4v) is 1.73. The summed E-state index contributed by atoms with van der Waals surface area (Å²) in [7, 11) is 0. The third-order valence-electron chi connectivity index (χ3n) is 2.09. The maximum atomic E-state index is 11.7. The summed E-state index contributed by atoms with van der Waals surface area (Å²) in [6.45, 7) is 7.44. The van der Waals surface area contributed by atoms with Crippen LogP contribution in [0.2, 0.25) is 0 Å². The van der Waals surface area contributed by atoms with Gasteiger partial charge in [-0.3, -0.25) is 4.79 Å². The molecular formula is C12H14BrNO. The molecule has 1 rings (SSSR count). The van der Waals surface area contributed by atoms with E-state index in [9.17, 15) is 4.79 Å². The van der Waals surface area contributed by atoms with E-state index in [1.807, 2.05) is 19.1 Å². The van der Waals surface area contributed by atoms with Crippen LogP contribution in [0.5, 0.6) is 0 Å². The highest BCUT2D eigenvalue weighted by Crippen LogP contribution is 2.21. The summed E-state index contributed by atoms with van der Waals surface area (Å²) in [4.78, 5) is 11.7. The van der Waals surface area contributed by atoms with Gasteiger partial charge in [0.1, 0.15) is 0 Å². The minimum absolute atomic E-state index is 0.0567. The summed E-state index contributed by atoms with van der Waals surface area (Å²) < 4.78 is 0.868. The molecule has 0 radical (unpaired) electrons. The highest BCUT2D eigenvalue weighted by Gasteiger charge is 2.12. The largest absolute Gasteiger partial charge is 0.321 e. The van der Waals surface area contributed by atoms with Gasteiger partial charge in [0, 0.05) is 10.0 Å². The van der Waals surface area contributed by atoms with E-state index in [1.54, 1.807) is 13.0 Å². The van der Waals surface area contributed by atoms with E-state index in [4.69, 9.17) is 5.73 Å². The topological polar surface area (TPSA) is 43.1 Å². The van der Waals surface area contributed by atoms with E-state index in [-0.39, 0.29) is 5.78 Å². The summed E-state index contributed by atoms with van der Waals surface area (Å²) in [6.07, 6.45) is 0. The molecule has 0 aromatic heterocycles. The van der Waals surface area contributed by atoms with Crippen LogP contribution in [0.15, 0.2) is 29.3 Å². The standard InChI is InChI=1S/C12H14BrNO/c1-7(2)9-4-10(6-11(13)5-9)12(15)8(3)14/h4-6,8H,1,14H2,2-3H3. The number of benzene rings is 1. The van der Waals surface area contributed by atoms with Crippen molar-refractivity contribution >= 4 is 27.3 Å². The molecule has 1 atom stereocenters. The Morgan fingerprint density at radius 3 is 2.40 bits per heavy atom. The number of hydrogen-bond acceptors (Lipinski definition) is 2. The number of ketones is 1. The lowest BCUT2D eigenvalue weighted by molar-refractivity contribution is 0.0968. The van der Waals surface area contributed by atoms with Gasteiger partial charge in [-0.25, -0.2) is 0 Å². The predicted octanol–water partition coefficient (Wildman–Crippen LogP) is 3.01. The normalized spacial score (nSPS) is 12.3. The third kappa shape index (κ3) is 3.01. The first-order valence-electron chi connectivity index (χ1n) is 4.68. The first kappa shape index (κ1) is 12.1. The highest BCUT2D eigenvalue weighted by molar-refractivity contribution is 9.10. The number of nitrogens with two attached hydrogens (primary N) is 1. The van der Waals surface area contributed by atoms with Crippen molar-refractivity contribution < 1.29 is 4.79 Å². The van der Waals surface area contributed by atoms with Crippen LogP contribution in [-0.4, -0.2) is 11.8 Å². The van der Waals surface area contributed by atoms with Gasteiger partial charge >= 0.3 is 0 Å². The molecule has 1 aromatic rings.